The van der Waals surface area contributed by atoms with Gasteiger partial charge in [-0.1, -0.05) is 37.3 Å². The Morgan fingerprint density at radius 3 is 2.58 bits per heavy atom. The summed E-state index contributed by atoms with van der Waals surface area (Å²) in [6.07, 6.45) is 2.42. The quantitative estimate of drug-likeness (QED) is 0.808. The number of hydrogen-bond donors (Lipinski definition) is 1. The molecule has 1 aliphatic heterocycles. The van der Waals surface area contributed by atoms with Crippen LogP contribution in [0.15, 0.2) is 42.5 Å². The summed E-state index contributed by atoms with van der Waals surface area (Å²) < 4.78 is 19.6. The second kappa shape index (κ2) is 9.15. The van der Waals surface area contributed by atoms with Crippen LogP contribution in [0.25, 0.3) is 0 Å². The van der Waals surface area contributed by atoms with Crippen molar-refractivity contribution < 1.29 is 9.13 Å². The van der Waals surface area contributed by atoms with Gasteiger partial charge in [0.2, 0.25) is 0 Å². The molecule has 1 unspecified atom stereocenters. The number of nitrogens with one attached hydrogen (secondary N) is 1. The molecule has 26 heavy (non-hydrogen) atoms. The maximum Gasteiger partial charge on any atom is 0.126 e. The van der Waals surface area contributed by atoms with Gasteiger partial charge in [0.05, 0.1) is 6.10 Å². The Morgan fingerprint density at radius 1 is 1.12 bits per heavy atom. The molecule has 3 nitrogen and oxygen atoms in total. The van der Waals surface area contributed by atoms with Gasteiger partial charge in [0.1, 0.15) is 5.82 Å². The van der Waals surface area contributed by atoms with Crippen LogP contribution in [0.2, 0.25) is 0 Å². The van der Waals surface area contributed by atoms with Crippen LogP contribution >= 0.6 is 0 Å². The first-order chi connectivity index (χ1) is 12.7. The molecule has 0 radical (unpaired) electrons. The highest BCUT2D eigenvalue weighted by molar-refractivity contribution is 5.56. The van der Waals surface area contributed by atoms with Crippen LogP contribution in [0.3, 0.4) is 0 Å². The molecule has 4 heteroatoms. The molecule has 1 aliphatic rings. The lowest BCUT2D eigenvalue weighted by atomic mass is 9.97. The maximum atomic E-state index is 13.9. The molecule has 1 atom stereocenters. The third kappa shape index (κ3) is 4.43. The lowest BCUT2D eigenvalue weighted by Gasteiger charge is -2.31. The number of anilines is 1. The zero-order chi connectivity index (χ0) is 18.4. The number of aryl methyl sites for hydroxylation is 2. The van der Waals surface area contributed by atoms with Crippen molar-refractivity contribution in [1.82, 2.24) is 5.32 Å². The van der Waals surface area contributed by atoms with Gasteiger partial charge in [0.15, 0.2) is 0 Å². The van der Waals surface area contributed by atoms with E-state index in [2.05, 4.69) is 35.3 Å². The Kier molecular flexibility index (Phi) is 6.64. The minimum absolute atomic E-state index is 0.0167. The van der Waals surface area contributed by atoms with E-state index in [0.717, 1.165) is 44.6 Å². The number of piperazine rings is 1. The molecule has 0 spiro atoms. The molecule has 1 fully saturated rings. The highest BCUT2D eigenvalue weighted by atomic mass is 19.1. The van der Waals surface area contributed by atoms with Gasteiger partial charge in [-0.25, -0.2) is 4.39 Å². The second-order valence-electron chi connectivity index (χ2n) is 6.83. The minimum atomic E-state index is -0.134. The van der Waals surface area contributed by atoms with Crippen molar-refractivity contribution in [3.63, 3.8) is 0 Å². The van der Waals surface area contributed by atoms with Crippen LogP contribution in [0.5, 0.6) is 0 Å². The average molecular weight is 356 g/mol. The second-order valence-corrected chi connectivity index (χ2v) is 6.83. The number of hydrogen-bond acceptors (Lipinski definition) is 3. The zero-order valence-electron chi connectivity index (χ0n) is 15.8. The maximum absolute atomic E-state index is 13.9. The minimum Gasteiger partial charge on any atom is -0.377 e. The van der Waals surface area contributed by atoms with Crippen LogP contribution in [0.1, 0.15) is 36.1 Å². The number of benzene rings is 2. The van der Waals surface area contributed by atoms with Gasteiger partial charge >= 0.3 is 0 Å². The van der Waals surface area contributed by atoms with Gasteiger partial charge in [0.25, 0.3) is 0 Å². The third-order valence-corrected chi connectivity index (χ3v) is 5.23. The van der Waals surface area contributed by atoms with Crippen LogP contribution < -0.4 is 10.2 Å². The summed E-state index contributed by atoms with van der Waals surface area (Å²) in [5, 5.41) is 3.41. The van der Waals surface area contributed by atoms with Crippen molar-refractivity contribution in [3.8, 4) is 0 Å². The Labute approximate surface area is 156 Å². The molecule has 1 saturated heterocycles. The van der Waals surface area contributed by atoms with E-state index in [0.29, 0.717) is 6.42 Å². The molecule has 2 aromatic carbocycles. The SMILES string of the molecule is CCc1cc(C(CCc2ccccc2F)OC)ccc1N1CCNCC1. The van der Waals surface area contributed by atoms with E-state index in [1.165, 1.54) is 22.9 Å². The van der Waals surface area contributed by atoms with Crippen LogP contribution in [0, 0.1) is 5.82 Å². The molecule has 0 aliphatic carbocycles. The van der Waals surface area contributed by atoms with Gasteiger partial charge in [-0.3, -0.25) is 0 Å². The predicted octanol–water partition coefficient (Wildman–Crippen LogP) is 4.12. The number of nitrogens with zero attached hydrogens (tertiary/aromatic N) is 1. The summed E-state index contributed by atoms with van der Waals surface area (Å²) in [7, 11) is 1.74. The van der Waals surface area contributed by atoms with Crippen molar-refractivity contribution in [1.29, 1.82) is 0 Å². The summed E-state index contributed by atoms with van der Waals surface area (Å²) in [6.45, 7) is 6.37. The van der Waals surface area contributed by atoms with Gasteiger partial charge in [-0.15, -0.1) is 0 Å². The third-order valence-electron chi connectivity index (χ3n) is 5.23. The molecular formula is C22H29FN2O. The predicted molar refractivity (Wildman–Crippen MR) is 105 cm³/mol. The highest BCUT2D eigenvalue weighted by Crippen LogP contribution is 2.29. The Bertz CT molecular complexity index is 713. The fraction of sp³-hybridized carbons (Fsp3) is 0.455. The van der Waals surface area contributed by atoms with Crippen LogP contribution in [-0.2, 0) is 17.6 Å². The first kappa shape index (κ1) is 18.9. The first-order valence-corrected chi connectivity index (χ1v) is 9.57. The smallest absolute Gasteiger partial charge is 0.126 e. The molecule has 0 amide bonds. The van der Waals surface area contributed by atoms with Crippen molar-refractivity contribution in [2.45, 2.75) is 32.3 Å². The lowest BCUT2D eigenvalue weighted by Crippen LogP contribution is -2.43. The number of ether oxygens (including phenoxy) is 1. The largest absolute Gasteiger partial charge is 0.377 e. The Balaban J connectivity index is 1.74. The fourth-order valence-corrected chi connectivity index (χ4v) is 3.71. The van der Waals surface area contributed by atoms with Gasteiger partial charge in [0, 0.05) is 39.0 Å². The first-order valence-electron chi connectivity index (χ1n) is 9.57. The fourth-order valence-electron chi connectivity index (χ4n) is 3.71. The van der Waals surface area contributed by atoms with E-state index in [9.17, 15) is 4.39 Å². The van der Waals surface area contributed by atoms with Gasteiger partial charge in [-0.2, -0.15) is 0 Å². The topological polar surface area (TPSA) is 24.5 Å². The van der Waals surface area contributed by atoms with Crippen molar-refractivity contribution in [3.05, 3.63) is 65.0 Å². The summed E-state index contributed by atoms with van der Waals surface area (Å²) in [4.78, 5) is 2.46. The Morgan fingerprint density at radius 2 is 1.88 bits per heavy atom. The van der Waals surface area contributed by atoms with Gasteiger partial charge in [-0.05, 0) is 48.1 Å². The van der Waals surface area contributed by atoms with E-state index in [-0.39, 0.29) is 11.9 Å². The van der Waals surface area contributed by atoms with Crippen LogP contribution in [-0.4, -0.2) is 33.3 Å². The van der Waals surface area contributed by atoms with E-state index >= 15 is 0 Å². The van der Waals surface area contributed by atoms with Crippen LogP contribution in [0.4, 0.5) is 10.1 Å². The summed E-state index contributed by atoms with van der Waals surface area (Å²) in [5.41, 5.74) is 4.63. The summed E-state index contributed by atoms with van der Waals surface area (Å²) in [6, 6.07) is 13.7. The molecule has 0 bridgehead atoms. The highest BCUT2D eigenvalue weighted by Gasteiger charge is 2.17. The average Bonchev–Trinajstić information content (AvgIpc) is 2.70. The molecular weight excluding hydrogens is 327 g/mol. The van der Waals surface area contributed by atoms with Crippen molar-refractivity contribution in [2.75, 3.05) is 38.2 Å². The molecule has 1 heterocycles. The molecule has 0 saturated carbocycles. The number of halogens is 1. The molecule has 1 N–H and O–H groups in total. The number of methoxy groups -OCH3 is 1. The van der Waals surface area contributed by atoms with E-state index in [1.54, 1.807) is 13.2 Å². The number of rotatable bonds is 7. The summed E-state index contributed by atoms with van der Waals surface area (Å²) >= 11 is 0. The van der Waals surface area contributed by atoms with Crippen molar-refractivity contribution in [2.24, 2.45) is 0 Å². The normalized spacial score (nSPS) is 15.9. The monoisotopic (exact) mass is 356 g/mol. The molecule has 2 aromatic rings. The molecule has 0 aromatic heterocycles. The Hall–Kier alpha value is -1.91. The van der Waals surface area contributed by atoms with E-state index in [1.807, 2.05) is 12.1 Å². The zero-order valence-corrected chi connectivity index (χ0v) is 15.8. The van der Waals surface area contributed by atoms with E-state index < -0.39 is 0 Å². The lowest BCUT2D eigenvalue weighted by molar-refractivity contribution is 0.0957. The van der Waals surface area contributed by atoms with E-state index in [4.69, 9.17) is 4.74 Å². The van der Waals surface area contributed by atoms with Crippen molar-refractivity contribution >= 4 is 5.69 Å². The van der Waals surface area contributed by atoms with Gasteiger partial charge < -0.3 is 15.0 Å². The molecule has 3 rings (SSSR count). The summed E-state index contributed by atoms with van der Waals surface area (Å²) in [5.74, 6) is -0.134. The molecule has 140 valence electrons. The standard InChI is InChI=1S/C22H29FN2O/c1-3-17-16-19(8-10-21(17)25-14-12-24-13-15-25)22(26-2)11-9-18-6-4-5-7-20(18)23/h4-8,10,16,22,24H,3,9,11-15H2,1-2H3.